The molecule has 3 amide bonds. The van der Waals surface area contributed by atoms with Crippen LogP contribution in [0.15, 0.2) is 55.6 Å². The van der Waals surface area contributed by atoms with E-state index in [1.807, 2.05) is 51.1 Å². The average Bonchev–Trinajstić information content (AvgIpc) is 3.72. The number of ether oxygens (including phenoxy) is 2. The monoisotopic (exact) mass is 651 g/mol. The number of allylic oxidation sites excluding steroid dienone is 1. The summed E-state index contributed by atoms with van der Waals surface area (Å²) in [5.74, 6) is -3.37. The van der Waals surface area contributed by atoms with Gasteiger partial charge in [-0.15, -0.1) is 13.2 Å². The number of carbonyl (C=O) groups excluding carboxylic acids is 4. The van der Waals surface area contributed by atoms with E-state index in [0.717, 1.165) is 12.8 Å². The fourth-order valence-corrected chi connectivity index (χ4v) is 7.81. The van der Waals surface area contributed by atoms with E-state index in [1.165, 1.54) is 0 Å². The van der Waals surface area contributed by atoms with E-state index in [9.17, 15) is 24.3 Å². The topological polar surface area (TPSA) is 125 Å². The van der Waals surface area contributed by atoms with Crippen LogP contribution in [-0.2, 0) is 28.7 Å². The molecule has 0 aromatic heterocycles. The maximum atomic E-state index is 14.7. The second-order valence-corrected chi connectivity index (χ2v) is 13.3. The third kappa shape index (κ3) is 7.18. The molecule has 9 atom stereocenters. The molecule has 3 heterocycles. The molecule has 2 bridgehead atoms. The first-order valence-electron chi connectivity index (χ1n) is 17.2. The molecule has 0 aliphatic carbocycles. The lowest BCUT2D eigenvalue weighted by Crippen LogP contribution is -2.60. The van der Waals surface area contributed by atoms with Crippen LogP contribution in [0.4, 0.5) is 0 Å². The summed E-state index contributed by atoms with van der Waals surface area (Å²) in [7, 11) is 0. The van der Waals surface area contributed by atoms with E-state index in [2.05, 4.69) is 25.4 Å². The van der Waals surface area contributed by atoms with Crippen molar-refractivity contribution in [3.63, 3.8) is 0 Å². The lowest BCUT2D eigenvalue weighted by Gasteiger charge is -2.42. The summed E-state index contributed by atoms with van der Waals surface area (Å²) < 4.78 is 12.8. The number of benzene rings is 1. The van der Waals surface area contributed by atoms with Crippen LogP contribution in [0.1, 0.15) is 84.3 Å². The summed E-state index contributed by atoms with van der Waals surface area (Å²) >= 11 is 0. The number of nitrogens with one attached hydrogen (secondary N) is 1. The van der Waals surface area contributed by atoms with Gasteiger partial charge in [-0.05, 0) is 44.1 Å². The lowest BCUT2D eigenvalue weighted by atomic mass is 9.70. The summed E-state index contributed by atoms with van der Waals surface area (Å²) in [6.07, 6.45) is 6.03. The highest BCUT2D eigenvalue weighted by molar-refractivity contribution is 5.98. The first-order valence-corrected chi connectivity index (χ1v) is 17.2. The van der Waals surface area contributed by atoms with Gasteiger partial charge in [0, 0.05) is 19.0 Å². The number of rotatable bonds is 18. The largest absolute Gasteiger partial charge is 0.455 e. The summed E-state index contributed by atoms with van der Waals surface area (Å²) in [4.78, 5) is 59.3. The first-order chi connectivity index (χ1) is 22.6. The molecule has 10 heteroatoms. The zero-order chi connectivity index (χ0) is 34.3. The van der Waals surface area contributed by atoms with Crippen LogP contribution in [0, 0.1) is 17.8 Å². The van der Waals surface area contributed by atoms with Gasteiger partial charge >= 0.3 is 5.97 Å². The fraction of sp³-hybridized carbons (Fsp3) is 0.622. The lowest BCUT2D eigenvalue weighted by molar-refractivity contribution is -0.161. The van der Waals surface area contributed by atoms with Crippen molar-refractivity contribution in [2.75, 3.05) is 19.7 Å². The maximum Gasteiger partial charge on any atom is 0.313 e. The van der Waals surface area contributed by atoms with Gasteiger partial charge in [0.05, 0.1) is 37.1 Å². The molecule has 3 aliphatic rings. The molecule has 2 N–H and O–H groups in total. The second-order valence-electron chi connectivity index (χ2n) is 13.3. The Morgan fingerprint density at radius 3 is 2.53 bits per heavy atom. The molecule has 3 aliphatic heterocycles. The van der Waals surface area contributed by atoms with Crippen LogP contribution < -0.4 is 5.32 Å². The minimum atomic E-state index is -1.23. The maximum absolute atomic E-state index is 14.7. The van der Waals surface area contributed by atoms with Gasteiger partial charge in [-0.3, -0.25) is 19.2 Å². The highest BCUT2D eigenvalue weighted by atomic mass is 16.6. The van der Waals surface area contributed by atoms with Crippen LogP contribution in [0.5, 0.6) is 0 Å². The molecule has 1 spiro atoms. The number of esters is 1. The average molecular weight is 652 g/mol. The zero-order valence-corrected chi connectivity index (χ0v) is 28.4. The van der Waals surface area contributed by atoms with Crippen LogP contribution in [-0.4, -0.2) is 88.1 Å². The van der Waals surface area contributed by atoms with Gasteiger partial charge in [0.2, 0.25) is 17.7 Å². The zero-order valence-electron chi connectivity index (χ0n) is 28.4. The predicted octanol–water partition coefficient (Wildman–Crippen LogP) is 4.34. The molecule has 258 valence electrons. The Bertz CT molecular complexity index is 1290. The summed E-state index contributed by atoms with van der Waals surface area (Å²) in [5, 5.41) is 13.5. The van der Waals surface area contributed by atoms with Crippen LogP contribution in [0.25, 0.3) is 0 Å². The summed E-state index contributed by atoms with van der Waals surface area (Å²) in [6, 6.07) is 7.44. The minimum absolute atomic E-state index is 0.0629. The van der Waals surface area contributed by atoms with Crippen molar-refractivity contribution in [2.45, 2.75) is 109 Å². The summed E-state index contributed by atoms with van der Waals surface area (Å²) in [6.45, 7) is 15.6. The number of carbonyl (C=O) groups is 4. The van der Waals surface area contributed by atoms with Crippen LogP contribution >= 0.6 is 0 Å². The van der Waals surface area contributed by atoms with E-state index in [0.29, 0.717) is 37.8 Å². The standard InChI is InChI=1S/C37H53N3O7/c1-7-11-18-30(42)38-22-29(26-16-13-12-14-17-26)46-36(45)31-28-19-20-37(47-28)32(31)34(43)40(27(23-41)24(5)10-4)33(37)35(44)39(21-9-3)25(6)15-8-2/h7,9,12-14,16-17,24-25,27-29,31-33,41H,1,3,8,10-11,15,18-23H2,2,4-6H3,(H,38,42)/t24-,25?,27-,28-,29+,31+,32+,33-,37+/m0/s1. The molecule has 10 nitrogen and oxygen atoms in total. The third-order valence-corrected chi connectivity index (χ3v) is 10.4. The van der Waals surface area contributed by atoms with Crippen molar-refractivity contribution in [1.29, 1.82) is 0 Å². The Morgan fingerprint density at radius 1 is 1.19 bits per heavy atom. The van der Waals surface area contributed by atoms with Crippen molar-refractivity contribution in [1.82, 2.24) is 15.1 Å². The van der Waals surface area contributed by atoms with Gasteiger partial charge in [-0.2, -0.15) is 0 Å². The SMILES string of the molecule is C=CCCC(=O)NC[C@@H](OC(=O)[C@@H]1[C@@H]2CC[C@]3(O2)[C@H](C(=O)N(CC=C)C(C)CCC)N([C@@H](CO)[C@@H](C)CC)C(=O)[C@@H]13)c1ccccc1. The molecular formula is C37H53N3O7. The predicted molar refractivity (Wildman–Crippen MR) is 179 cm³/mol. The van der Waals surface area contributed by atoms with Gasteiger partial charge < -0.3 is 29.7 Å². The van der Waals surface area contributed by atoms with E-state index < -0.39 is 47.7 Å². The van der Waals surface area contributed by atoms with E-state index in [-0.39, 0.29) is 49.3 Å². The molecule has 4 rings (SSSR count). The molecule has 1 unspecified atom stereocenters. The Labute approximate surface area is 279 Å². The number of hydrogen-bond donors (Lipinski definition) is 2. The Hall–Kier alpha value is -3.50. The molecule has 0 saturated carbocycles. The minimum Gasteiger partial charge on any atom is -0.455 e. The number of aliphatic hydroxyl groups is 1. The summed E-state index contributed by atoms with van der Waals surface area (Å²) in [5.41, 5.74) is -0.520. The fourth-order valence-electron chi connectivity index (χ4n) is 7.81. The number of amides is 3. The van der Waals surface area contributed by atoms with Crippen molar-refractivity contribution in [3.05, 3.63) is 61.2 Å². The highest BCUT2D eigenvalue weighted by Crippen LogP contribution is 2.59. The van der Waals surface area contributed by atoms with Crippen LogP contribution in [0.2, 0.25) is 0 Å². The molecule has 3 fully saturated rings. The molecule has 1 aromatic carbocycles. The van der Waals surface area contributed by atoms with E-state index in [1.54, 1.807) is 22.0 Å². The quantitative estimate of drug-likeness (QED) is 0.179. The number of aliphatic hydroxyl groups excluding tert-OH is 1. The second kappa shape index (κ2) is 16.1. The Morgan fingerprint density at radius 2 is 1.91 bits per heavy atom. The molecule has 47 heavy (non-hydrogen) atoms. The van der Waals surface area contributed by atoms with Gasteiger partial charge in [-0.25, -0.2) is 0 Å². The third-order valence-electron chi connectivity index (χ3n) is 10.4. The van der Waals surface area contributed by atoms with E-state index >= 15 is 0 Å². The van der Waals surface area contributed by atoms with Gasteiger partial charge in [0.15, 0.2) is 0 Å². The van der Waals surface area contributed by atoms with Crippen molar-refractivity contribution >= 4 is 23.7 Å². The smallest absolute Gasteiger partial charge is 0.313 e. The number of nitrogens with zero attached hydrogens (tertiary/aromatic N) is 2. The van der Waals surface area contributed by atoms with Crippen molar-refractivity contribution < 1.29 is 33.8 Å². The Balaban J connectivity index is 1.70. The molecule has 0 radical (unpaired) electrons. The molecular weight excluding hydrogens is 598 g/mol. The Kier molecular flexibility index (Phi) is 12.4. The number of fused-ring (bicyclic) bond motifs is 1. The number of hydrogen-bond acceptors (Lipinski definition) is 7. The number of likely N-dealkylation sites (tertiary alicyclic amines) is 1. The molecule has 1 aromatic rings. The van der Waals surface area contributed by atoms with Gasteiger partial charge in [-0.1, -0.05) is 76.1 Å². The highest BCUT2D eigenvalue weighted by Gasteiger charge is 2.76. The first kappa shape index (κ1) is 36.3. The van der Waals surface area contributed by atoms with E-state index in [4.69, 9.17) is 9.47 Å². The van der Waals surface area contributed by atoms with Crippen molar-refractivity contribution in [2.24, 2.45) is 17.8 Å². The van der Waals surface area contributed by atoms with Crippen molar-refractivity contribution in [3.8, 4) is 0 Å². The normalized spacial score (nSPS) is 27.0. The van der Waals surface area contributed by atoms with Gasteiger partial charge in [0.25, 0.3) is 0 Å². The molecule has 3 saturated heterocycles. The van der Waals surface area contributed by atoms with Crippen LogP contribution in [0.3, 0.4) is 0 Å². The van der Waals surface area contributed by atoms with Gasteiger partial charge in [0.1, 0.15) is 17.7 Å².